The quantitative estimate of drug-likeness (QED) is 0.447. The highest BCUT2D eigenvalue weighted by Gasteiger charge is 2.59. The van der Waals surface area contributed by atoms with Gasteiger partial charge in [0.25, 0.3) is 0 Å². The normalized spacial score (nSPS) is 20.3. The van der Waals surface area contributed by atoms with Gasteiger partial charge in [-0.2, -0.15) is 0 Å². The van der Waals surface area contributed by atoms with Gasteiger partial charge in [-0.1, -0.05) is 77.8 Å². The van der Waals surface area contributed by atoms with Gasteiger partial charge in [-0.25, -0.2) is 4.90 Å². The van der Waals surface area contributed by atoms with Crippen molar-refractivity contribution in [2.45, 2.75) is 43.0 Å². The molecule has 2 aliphatic heterocycles. The fourth-order valence-corrected chi connectivity index (χ4v) is 7.97. The minimum absolute atomic E-state index is 0.241. The fourth-order valence-electron chi connectivity index (χ4n) is 4.63. The first-order chi connectivity index (χ1) is 17.0. The molecule has 36 heavy (non-hydrogen) atoms. The summed E-state index contributed by atoms with van der Waals surface area (Å²) in [6.45, 7) is 5.45. The highest BCUT2D eigenvalue weighted by molar-refractivity contribution is 8.00. The standard InChI is InChI=1S/C25H21Cl2N3O4S2/c1-12-4-7-14(8-5-12)30-21(32)18-19(22(30)33)35-23-20(25(18,2)3)36-24(34)29(23)11-17(31)28-13-6-9-15(26)16(27)10-13/h4-10,18-19H,11H2,1-3H3,(H,28,31). The summed E-state index contributed by atoms with van der Waals surface area (Å²) < 4.78 is 1.38. The van der Waals surface area contributed by atoms with Gasteiger partial charge in [0.1, 0.15) is 11.8 Å². The van der Waals surface area contributed by atoms with E-state index in [2.05, 4.69) is 5.32 Å². The van der Waals surface area contributed by atoms with Gasteiger partial charge < -0.3 is 5.32 Å². The van der Waals surface area contributed by atoms with Crippen LogP contribution in [0.15, 0.2) is 52.3 Å². The minimum atomic E-state index is -0.771. The van der Waals surface area contributed by atoms with Gasteiger partial charge >= 0.3 is 4.87 Å². The minimum Gasteiger partial charge on any atom is -0.324 e. The fraction of sp³-hybridized carbons (Fsp3) is 0.280. The average Bonchev–Trinajstić information content (AvgIpc) is 3.26. The summed E-state index contributed by atoms with van der Waals surface area (Å²) in [5.41, 5.74) is 1.23. The van der Waals surface area contributed by atoms with E-state index in [4.69, 9.17) is 23.2 Å². The summed E-state index contributed by atoms with van der Waals surface area (Å²) in [5, 5.41) is 3.24. The number of anilines is 2. The van der Waals surface area contributed by atoms with Gasteiger partial charge in [0.05, 0.1) is 26.7 Å². The van der Waals surface area contributed by atoms with Crippen LogP contribution in [0.4, 0.5) is 11.4 Å². The maximum Gasteiger partial charge on any atom is 0.308 e. The van der Waals surface area contributed by atoms with Gasteiger partial charge in [-0.05, 0) is 37.3 Å². The van der Waals surface area contributed by atoms with Crippen LogP contribution in [0.2, 0.25) is 10.0 Å². The molecule has 0 bridgehead atoms. The Morgan fingerprint density at radius 2 is 1.72 bits per heavy atom. The second-order valence-electron chi connectivity index (χ2n) is 9.35. The number of thioether (sulfide) groups is 1. The van der Waals surface area contributed by atoms with Crippen LogP contribution < -0.4 is 15.1 Å². The third kappa shape index (κ3) is 4.08. The van der Waals surface area contributed by atoms with Crippen molar-refractivity contribution in [3.8, 4) is 0 Å². The summed E-state index contributed by atoms with van der Waals surface area (Å²) in [6.07, 6.45) is 0. The molecule has 0 spiro atoms. The Morgan fingerprint density at radius 3 is 2.39 bits per heavy atom. The second kappa shape index (κ2) is 9.06. The zero-order chi connectivity index (χ0) is 25.9. The Morgan fingerprint density at radius 1 is 1.03 bits per heavy atom. The van der Waals surface area contributed by atoms with Crippen LogP contribution in [0.3, 0.4) is 0 Å². The Balaban J connectivity index is 1.46. The first-order valence-corrected chi connectivity index (χ1v) is 13.5. The molecule has 2 aromatic carbocycles. The lowest BCUT2D eigenvalue weighted by Crippen LogP contribution is -2.41. The molecule has 186 valence electrons. The number of hydrogen-bond acceptors (Lipinski definition) is 6. The topological polar surface area (TPSA) is 88.5 Å². The molecule has 0 radical (unpaired) electrons. The van der Waals surface area contributed by atoms with E-state index in [0.717, 1.165) is 16.9 Å². The molecule has 3 amide bonds. The molecule has 1 saturated heterocycles. The zero-order valence-corrected chi connectivity index (χ0v) is 22.6. The van der Waals surface area contributed by atoms with E-state index in [1.54, 1.807) is 24.3 Å². The van der Waals surface area contributed by atoms with Gasteiger partial charge in [0.15, 0.2) is 0 Å². The first-order valence-electron chi connectivity index (χ1n) is 11.1. The number of fused-ring (bicyclic) bond motifs is 2. The van der Waals surface area contributed by atoms with E-state index in [9.17, 15) is 19.2 Å². The molecule has 2 atom stereocenters. The summed E-state index contributed by atoms with van der Waals surface area (Å²) in [6, 6.07) is 12.0. The van der Waals surface area contributed by atoms with Gasteiger partial charge in [0.2, 0.25) is 17.7 Å². The molecule has 5 rings (SSSR count). The zero-order valence-electron chi connectivity index (χ0n) is 19.5. The van der Waals surface area contributed by atoms with Crippen molar-refractivity contribution < 1.29 is 14.4 Å². The largest absolute Gasteiger partial charge is 0.324 e. The Bertz CT molecular complexity index is 1480. The van der Waals surface area contributed by atoms with Crippen LogP contribution in [0.5, 0.6) is 0 Å². The lowest BCUT2D eigenvalue weighted by Gasteiger charge is -2.36. The third-order valence-electron chi connectivity index (χ3n) is 6.50. The molecule has 2 unspecified atom stereocenters. The number of carbonyl (C=O) groups excluding carboxylic acids is 3. The van der Waals surface area contributed by atoms with Crippen LogP contribution in [-0.2, 0) is 26.3 Å². The van der Waals surface area contributed by atoms with Crippen LogP contribution >= 0.6 is 46.3 Å². The van der Waals surface area contributed by atoms with Crippen molar-refractivity contribution in [2.24, 2.45) is 5.92 Å². The molecule has 11 heteroatoms. The Kier molecular flexibility index (Phi) is 6.31. The van der Waals surface area contributed by atoms with Crippen molar-refractivity contribution in [2.75, 3.05) is 10.2 Å². The Labute approximate surface area is 225 Å². The number of thiazole rings is 1. The van der Waals surface area contributed by atoms with Crippen molar-refractivity contribution in [3.63, 3.8) is 0 Å². The Hall–Kier alpha value is -2.59. The van der Waals surface area contributed by atoms with E-state index < -0.39 is 22.5 Å². The van der Waals surface area contributed by atoms with Crippen molar-refractivity contribution in [1.82, 2.24) is 4.57 Å². The molecule has 1 aromatic heterocycles. The maximum absolute atomic E-state index is 13.5. The van der Waals surface area contributed by atoms with Gasteiger partial charge in [-0.15, -0.1) is 0 Å². The van der Waals surface area contributed by atoms with Crippen LogP contribution in [0.1, 0.15) is 24.3 Å². The smallest absolute Gasteiger partial charge is 0.308 e. The predicted octanol–water partition coefficient (Wildman–Crippen LogP) is 5.11. The number of halogens is 2. The molecular formula is C25H21Cl2N3O4S2. The monoisotopic (exact) mass is 561 g/mol. The number of imide groups is 1. The molecule has 0 saturated carbocycles. The third-order valence-corrected chi connectivity index (χ3v) is 10.1. The molecule has 3 aromatic rings. The molecule has 7 nitrogen and oxygen atoms in total. The van der Waals surface area contributed by atoms with E-state index in [1.165, 1.54) is 27.3 Å². The number of aryl methyl sites for hydroxylation is 1. The van der Waals surface area contributed by atoms with E-state index in [1.807, 2.05) is 32.9 Å². The molecule has 0 aliphatic carbocycles. The highest BCUT2D eigenvalue weighted by atomic mass is 35.5. The van der Waals surface area contributed by atoms with Crippen LogP contribution in [0, 0.1) is 12.8 Å². The number of rotatable bonds is 4. The lowest BCUT2D eigenvalue weighted by molar-refractivity contribution is -0.123. The SMILES string of the molecule is Cc1ccc(N2C(=O)C3Sc4c(sc(=O)n4CC(=O)Nc4ccc(Cl)c(Cl)c4)C(C)(C)C3C2=O)cc1. The molecule has 3 heterocycles. The molecule has 2 aliphatic rings. The number of hydrogen-bond donors (Lipinski definition) is 1. The summed E-state index contributed by atoms with van der Waals surface area (Å²) in [4.78, 5) is 54.4. The summed E-state index contributed by atoms with van der Waals surface area (Å²) >= 11 is 14.2. The van der Waals surface area contributed by atoms with Crippen molar-refractivity contribution >= 4 is 75.4 Å². The van der Waals surface area contributed by atoms with Crippen LogP contribution in [0.25, 0.3) is 0 Å². The average molecular weight is 563 g/mol. The first kappa shape index (κ1) is 25.1. The van der Waals surface area contributed by atoms with Crippen molar-refractivity contribution in [1.29, 1.82) is 0 Å². The second-order valence-corrected chi connectivity index (χ2v) is 12.3. The van der Waals surface area contributed by atoms with Crippen LogP contribution in [-0.4, -0.2) is 27.5 Å². The van der Waals surface area contributed by atoms with Crippen molar-refractivity contribution in [3.05, 3.63) is 72.6 Å². The summed E-state index contributed by atoms with van der Waals surface area (Å²) in [7, 11) is 0. The number of nitrogens with one attached hydrogen (secondary N) is 1. The maximum atomic E-state index is 13.5. The molecule has 1 N–H and O–H groups in total. The number of nitrogens with zero attached hydrogens (tertiary/aromatic N) is 2. The van der Waals surface area contributed by atoms with E-state index in [-0.39, 0.29) is 23.2 Å². The highest BCUT2D eigenvalue weighted by Crippen LogP contribution is 2.54. The van der Waals surface area contributed by atoms with Gasteiger partial charge in [-0.3, -0.25) is 23.7 Å². The van der Waals surface area contributed by atoms with Gasteiger partial charge in [0, 0.05) is 16.0 Å². The van der Waals surface area contributed by atoms with E-state index >= 15 is 0 Å². The lowest BCUT2D eigenvalue weighted by atomic mass is 9.76. The number of benzene rings is 2. The van der Waals surface area contributed by atoms with E-state index in [0.29, 0.717) is 31.3 Å². The number of aromatic nitrogens is 1. The molecular weight excluding hydrogens is 541 g/mol. The predicted molar refractivity (Wildman–Crippen MR) is 144 cm³/mol. The molecule has 1 fully saturated rings. The number of carbonyl (C=O) groups is 3. The number of amides is 3. The summed E-state index contributed by atoms with van der Waals surface area (Å²) in [5.74, 6) is -1.64.